The molecule has 0 bridgehead atoms. The number of sulfonamides is 1. The van der Waals surface area contributed by atoms with Crippen LogP contribution in [0.2, 0.25) is 10.0 Å². The van der Waals surface area contributed by atoms with Gasteiger partial charge in [0.1, 0.15) is 6.04 Å². The maximum absolute atomic E-state index is 14.0. The summed E-state index contributed by atoms with van der Waals surface area (Å²) in [6, 6.07) is 19.4. The zero-order valence-electron chi connectivity index (χ0n) is 25.3. The van der Waals surface area contributed by atoms with Crippen molar-refractivity contribution >= 4 is 50.7 Å². The van der Waals surface area contributed by atoms with Crippen LogP contribution in [-0.2, 0) is 32.6 Å². The van der Waals surface area contributed by atoms with Crippen molar-refractivity contribution in [1.29, 1.82) is 0 Å². The lowest BCUT2D eigenvalue weighted by molar-refractivity contribution is -0.141. The fourth-order valence-corrected chi connectivity index (χ4v) is 6.06. The van der Waals surface area contributed by atoms with E-state index >= 15 is 0 Å². The van der Waals surface area contributed by atoms with E-state index in [2.05, 4.69) is 5.32 Å². The molecule has 43 heavy (non-hydrogen) atoms. The minimum atomic E-state index is -3.59. The van der Waals surface area contributed by atoms with Crippen LogP contribution in [0.1, 0.15) is 54.9 Å². The van der Waals surface area contributed by atoms with Gasteiger partial charge in [0, 0.05) is 32.5 Å². The third-order valence-electron chi connectivity index (χ3n) is 7.37. The lowest BCUT2D eigenvalue weighted by atomic mass is 10.0. The minimum absolute atomic E-state index is 0.0473. The topological polar surface area (TPSA) is 86.8 Å². The summed E-state index contributed by atoms with van der Waals surface area (Å²) in [4.78, 5) is 29.1. The Labute approximate surface area is 266 Å². The molecule has 232 valence electrons. The Morgan fingerprint density at radius 2 is 1.60 bits per heavy atom. The number of amides is 2. The molecule has 0 aliphatic rings. The molecule has 0 aliphatic carbocycles. The zero-order chi connectivity index (χ0) is 31.6. The van der Waals surface area contributed by atoms with Crippen molar-refractivity contribution in [2.24, 2.45) is 0 Å². The highest BCUT2D eigenvalue weighted by molar-refractivity contribution is 7.92. The maximum Gasteiger partial charge on any atom is 0.243 e. The standard InChI is InChI=1S/C33H41Cl2N3O4S/c1-5-6-18-36-33(40)31(22-26-11-8-7-9-12-26)37(23-27-15-17-29(34)30(35)21-27)32(39)13-10-19-38(43(4,41)42)28-16-14-24(2)25(3)20-28/h7-9,11-12,14-17,20-21,31H,5-6,10,13,18-19,22-23H2,1-4H3,(H,36,40)/t31-/m1/s1. The number of benzene rings is 3. The first-order chi connectivity index (χ1) is 20.4. The van der Waals surface area contributed by atoms with Crippen molar-refractivity contribution in [1.82, 2.24) is 10.2 Å². The molecule has 0 radical (unpaired) electrons. The summed E-state index contributed by atoms with van der Waals surface area (Å²) in [5.41, 5.74) is 4.25. The number of nitrogens with zero attached hydrogens (tertiary/aromatic N) is 2. The number of anilines is 1. The number of unbranched alkanes of at least 4 members (excludes halogenated alkanes) is 1. The van der Waals surface area contributed by atoms with Gasteiger partial charge in [-0.05, 0) is 73.2 Å². The molecular formula is C33H41Cl2N3O4S. The second-order valence-electron chi connectivity index (χ2n) is 10.8. The third kappa shape index (κ3) is 10.3. The van der Waals surface area contributed by atoms with E-state index in [9.17, 15) is 18.0 Å². The first-order valence-corrected chi connectivity index (χ1v) is 17.1. The van der Waals surface area contributed by atoms with Crippen LogP contribution in [0.4, 0.5) is 5.69 Å². The predicted octanol–water partition coefficient (Wildman–Crippen LogP) is 6.71. The zero-order valence-corrected chi connectivity index (χ0v) is 27.6. The number of hydrogen-bond donors (Lipinski definition) is 1. The number of aryl methyl sites for hydroxylation is 2. The minimum Gasteiger partial charge on any atom is -0.354 e. The van der Waals surface area contributed by atoms with Gasteiger partial charge in [-0.2, -0.15) is 0 Å². The molecule has 0 aliphatic heterocycles. The van der Waals surface area contributed by atoms with Crippen molar-refractivity contribution in [3.63, 3.8) is 0 Å². The maximum atomic E-state index is 14.0. The van der Waals surface area contributed by atoms with Crippen LogP contribution in [0.5, 0.6) is 0 Å². The molecule has 0 saturated heterocycles. The van der Waals surface area contributed by atoms with E-state index in [1.807, 2.05) is 63.2 Å². The molecule has 3 rings (SSSR count). The second-order valence-corrected chi connectivity index (χ2v) is 13.5. The molecule has 1 N–H and O–H groups in total. The van der Waals surface area contributed by atoms with Crippen LogP contribution in [0, 0.1) is 13.8 Å². The number of hydrogen-bond acceptors (Lipinski definition) is 4. The predicted molar refractivity (Wildman–Crippen MR) is 176 cm³/mol. The van der Waals surface area contributed by atoms with Crippen molar-refractivity contribution in [3.8, 4) is 0 Å². The summed E-state index contributed by atoms with van der Waals surface area (Å²) in [5, 5.41) is 3.76. The van der Waals surface area contributed by atoms with Gasteiger partial charge in [-0.3, -0.25) is 13.9 Å². The van der Waals surface area contributed by atoms with Crippen LogP contribution >= 0.6 is 23.2 Å². The Hall–Kier alpha value is -3.07. The molecule has 2 amide bonds. The Morgan fingerprint density at radius 1 is 0.884 bits per heavy atom. The molecule has 10 heteroatoms. The molecular weight excluding hydrogens is 605 g/mol. The summed E-state index contributed by atoms with van der Waals surface area (Å²) < 4.78 is 26.8. The lowest BCUT2D eigenvalue weighted by Crippen LogP contribution is -2.50. The normalized spacial score (nSPS) is 12.0. The Bertz CT molecular complexity index is 1500. The van der Waals surface area contributed by atoms with Gasteiger partial charge in [0.15, 0.2) is 0 Å². The molecule has 0 unspecified atom stereocenters. The van der Waals surface area contributed by atoms with Crippen LogP contribution in [-0.4, -0.2) is 50.5 Å². The molecule has 7 nitrogen and oxygen atoms in total. The average molecular weight is 647 g/mol. The monoisotopic (exact) mass is 645 g/mol. The van der Waals surface area contributed by atoms with E-state index in [-0.39, 0.29) is 37.7 Å². The van der Waals surface area contributed by atoms with Crippen molar-refractivity contribution in [2.45, 2.75) is 65.5 Å². The first kappa shape index (κ1) is 34.4. The van der Waals surface area contributed by atoms with Gasteiger partial charge in [0.25, 0.3) is 0 Å². The summed E-state index contributed by atoms with van der Waals surface area (Å²) in [7, 11) is -3.59. The fourth-order valence-electron chi connectivity index (χ4n) is 4.78. The van der Waals surface area contributed by atoms with Crippen LogP contribution in [0.3, 0.4) is 0 Å². The molecule has 0 aromatic heterocycles. The Morgan fingerprint density at radius 3 is 2.23 bits per heavy atom. The van der Waals surface area contributed by atoms with E-state index in [4.69, 9.17) is 23.2 Å². The first-order valence-electron chi connectivity index (χ1n) is 14.5. The number of carbonyl (C=O) groups is 2. The van der Waals surface area contributed by atoms with Gasteiger partial charge in [-0.15, -0.1) is 0 Å². The Balaban J connectivity index is 1.90. The molecule has 1 atom stereocenters. The highest BCUT2D eigenvalue weighted by Crippen LogP contribution is 2.25. The van der Waals surface area contributed by atoms with E-state index in [1.165, 1.54) is 4.31 Å². The van der Waals surface area contributed by atoms with Crippen molar-refractivity contribution < 1.29 is 18.0 Å². The molecule has 0 spiro atoms. The van der Waals surface area contributed by atoms with E-state index in [0.717, 1.165) is 41.4 Å². The van der Waals surface area contributed by atoms with Crippen LogP contribution in [0.15, 0.2) is 66.7 Å². The van der Waals surface area contributed by atoms with E-state index in [0.29, 0.717) is 28.7 Å². The SMILES string of the molecule is CCCCNC(=O)[C@@H](Cc1ccccc1)N(Cc1ccc(Cl)c(Cl)c1)C(=O)CCCN(c1ccc(C)c(C)c1)S(C)(=O)=O. The number of rotatable bonds is 15. The highest BCUT2D eigenvalue weighted by atomic mass is 35.5. The molecule has 3 aromatic rings. The van der Waals surface area contributed by atoms with Crippen molar-refractivity contribution in [3.05, 3.63) is 99.0 Å². The average Bonchev–Trinajstić information content (AvgIpc) is 2.96. The van der Waals surface area contributed by atoms with Gasteiger partial charge in [-0.1, -0.05) is 79.0 Å². The van der Waals surface area contributed by atoms with Gasteiger partial charge < -0.3 is 10.2 Å². The number of nitrogens with one attached hydrogen (secondary N) is 1. The number of halogens is 2. The number of carbonyl (C=O) groups excluding carboxylic acids is 2. The third-order valence-corrected chi connectivity index (χ3v) is 9.30. The second kappa shape index (κ2) is 16.1. The van der Waals surface area contributed by atoms with Crippen molar-refractivity contribution in [2.75, 3.05) is 23.7 Å². The van der Waals surface area contributed by atoms with Gasteiger partial charge in [0.2, 0.25) is 21.8 Å². The summed E-state index contributed by atoms with van der Waals surface area (Å²) in [6.45, 7) is 6.72. The molecule has 0 fully saturated rings. The smallest absolute Gasteiger partial charge is 0.243 e. The largest absolute Gasteiger partial charge is 0.354 e. The molecule has 0 heterocycles. The summed E-state index contributed by atoms with van der Waals surface area (Å²) in [5.74, 6) is -0.496. The van der Waals surface area contributed by atoms with Crippen LogP contribution in [0.25, 0.3) is 0 Å². The fraction of sp³-hybridized carbons (Fsp3) is 0.394. The molecule has 0 saturated carbocycles. The summed E-state index contributed by atoms with van der Waals surface area (Å²) in [6.07, 6.45) is 3.55. The lowest BCUT2D eigenvalue weighted by Gasteiger charge is -2.32. The van der Waals surface area contributed by atoms with Gasteiger partial charge in [-0.25, -0.2) is 8.42 Å². The highest BCUT2D eigenvalue weighted by Gasteiger charge is 2.30. The summed E-state index contributed by atoms with van der Waals surface area (Å²) >= 11 is 12.4. The van der Waals surface area contributed by atoms with Gasteiger partial charge >= 0.3 is 0 Å². The van der Waals surface area contributed by atoms with Crippen LogP contribution < -0.4 is 9.62 Å². The Kier molecular flexibility index (Phi) is 12.9. The van der Waals surface area contributed by atoms with E-state index < -0.39 is 16.1 Å². The van der Waals surface area contributed by atoms with E-state index in [1.54, 1.807) is 29.2 Å². The quantitative estimate of drug-likeness (QED) is 0.186. The van der Waals surface area contributed by atoms with Gasteiger partial charge in [0.05, 0.1) is 22.0 Å². The molecule has 3 aromatic carbocycles.